The van der Waals surface area contributed by atoms with Crippen molar-refractivity contribution in [1.29, 1.82) is 0 Å². The molecule has 0 fully saturated rings. The van der Waals surface area contributed by atoms with E-state index in [4.69, 9.17) is 0 Å². The van der Waals surface area contributed by atoms with Crippen molar-refractivity contribution in [3.05, 3.63) is 45.8 Å². The molecule has 21 heavy (non-hydrogen) atoms. The molecule has 2 aliphatic rings. The zero-order valence-electron chi connectivity index (χ0n) is 14.5. The van der Waals surface area contributed by atoms with Gasteiger partial charge in [-0.25, -0.2) is 21.5 Å². The number of rotatable bonds is 4. The Morgan fingerprint density at radius 2 is 1.14 bits per heavy atom. The molecule has 0 aromatic carbocycles. The van der Waals surface area contributed by atoms with E-state index in [1.807, 2.05) is 0 Å². The Labute approximate surface area is 145 Å². The van der Waals surface area contributed by atoms with Crippen LogP contribution in [-0.4, -0.2) is 17.6 Å². The van der Waals surface area contributed by atoms with Gasteiger partial charge in [0.25, 0.3) is 0 Å². The van der Waals surface area contributed by atoms with Crippen molar-refractivity contribution in [3.8, 4) is 0 Å². The van der Waals surface area contributed by atoms with Gasteiger partial charge in [0.05, 0.1) is 0 Å². The minimum absolute atomic E-state index is 0. The fourth-order valence-corrected chi connectivity index (χ4v) is 6.01. The summed E-state index contributed by atoms with van der Waals surface area (Å²) in [6.07, 6.45) is 16.1. The van der Waals surface area contributed by atoms with Gasteiger partial charge in [0.1, 0.15) is 0 Å². The molecular weight excluding hydrogens is 331 g/mol. The van der Waals surface area contributed by atoms with E-state index < -0.39 is 17.6 Å². The molecule has 0 amide bonds. The van der Waals surface area contributed by atoms with Crippen molar-refractivity contribution in [1.82, 2.24) is 0 Å². The normalized spacial score (nSPS) is 16.8. The van der Waals surface area contributed by atoms with Crippen LogP contribution in [0.5, 0.6) is 0 Å². The molecule has 3 heteroatoms. The van der Waals surface area contributed by atoms with Gasteiger partial charge in [-0.2, -0.15) is 12.2 Å². The molecule has 0 saturated heterocycles. The number of hydrogen-bond acceptors (Lipinski definition) is 0. The molecule has 0 aromatic rings. The van der Waals surface area contributed by atoms with Crippen LogP contribution in [0.3, 0.4) is 0 Å². The predicted octanol–water partition coefficient (Wildman–Crippen LogP) is 4.96. The van der Waals surface area contributed by atoms with Gasteiger partial charge in [-0.3, -0.25) is 12.2 Å². The van der Waals surface area contributed by atoms with Crippen LogP contribution in [-0.2, 0) is 16.5 Å². The van der Waals surface area contributed by atoms with Crippen LogP contribution in [0, 0.1) is 12.2 Å². The van der Waals surface area contributed by atoms with Crippen LogP contribution in [0.1, 0.15) is 39.5 Å². The van der Waals surface area contributed by atoms with Gasteiger partial charge in [-0.1, -0.05) is 52.9 Å². The molecule has 0 saturated carbocycles. The Kier molecular flexibility index (Phi) is 10.5. The molecule has 0 unspecified atom stereocenters. The second kappa shape index (κ2) is 10.6. The SMILES string of the molecule is CCC1=CC[C-]=C1[SiH](C)C.CCC1=CC[C-]=C1[SiH](C)C.[Ni+2]. The summed E-state index contributed by atoms with van der Waals surface area (Å²) < 4.78 is 0. The molecule has 0 N–H and O–H groups in total. The van der Waals surface area contributed by atoms with Crippen LogP contribution in [0.25, 0.3) is 0 Å². The zero-order chi connectivity index (χ0) is 15.1. The maximum Gasteiger partial charge on any atom is 2.00 e. The van der Waals surface area contributed by atoms with E-state index in [1.165, 1.54) is 12.8 Å². The molecule has 0 spiro atoms. The first-order valence-corrected chi connectivity index (χ1v) is 13.9. The van der Waals surface area contributed by atoms with E-state index >= 15 is 0 Å². The summed E-state index contributed by atoms with van der Waals surface area (Å²) in [6.45, 7) is 14.0. The van der Waals surface area contributed by atoms with Crippen molar-refractivity contribution in [2.24, 2.45) is 0 Å². The summed E-state index contributed by atoms with van der Waals surface area (Å²) in [7, 11) is -1.12. The molecule has 0 aromatic heterocycles. The van der Waals surface area contributed by atoms with Gasteiger partial charge in [-0.15, -0.1) is 12.8 Å². The molecule has 2 aliphatic carbocycles. The first-order chi connectivity index (χ1) is 9.51. The standard InChI is InChI=1S/2C9H15Si.Ni/c2*1-4-8-6-5-7-9(8)10(2)3;/h2*6,10H,4-5H2,1-3H3;/q2*-1;+2. The van der Waals surface area contributed by atoms with E-state index in [9.17, 15) is 0 Å². The molecule has 0 heterocycles. The predicted molar refractivity (Wildman–Crippen MR) is 97.2 cm³/mol. The smallest absolute Gasteiger partial charge is 0.274 e. The molecule has 0 aliphatic heterocycles. The summed E-state index contributed by atoms with van der Waals surface area (Å²) >= 11 is 0. The fourth-order valence-electron chi connectivity index (χ4n) is 2.83. The van der Waals surface area contributed by atoms with E-state index in [1.54, 1.807) is 21.5 Å². The average molecular weight is 361 g/mol. The van der Waals surface area contributed by atoms with Crippen LogP contribution in [0.2, 0.25) is 26.2 Å². The summed E-state index contributed by atoms with van der Waals surface area (Å²) in [6, 6.07) is 0. The first-order valence-electron chi connectivity index (χ1n) is 8.11. The summed E-state index contributed by atoms with van der Waals surface area (Å²) in [4.78, 5) is 0. The molecular formula is C18H30NiSi2. The van der Waals surface area contributed by atoms with Crippen molar-refractivity contribution >= 4 is 17.6 Å². The van der Waals surface area contributed by atoms with Gasteiger partial charge in [0.15, 0.2) is 0 Å². The maximum absolute atomic E-state index is 3.44. The summed E-state index contributed by atoms with van der Waals surface area (Å²) in [5.41, 5.74) is 3.14. The first kappa shape index (κ1) is 20.9. The molecule has 0 radical (unpaired) electrons. The Morgan fingerprint density at radius 3 is 1.33 bits per heavy atom. The average Bonchev–Trinajstić information content (AvgIpc) is 3.07. The van der Waals surface area contributed by atoms with Crippen molar-refractivity contribution in [2.75, 3.05) is 0 Å². The van der Waals surface area contributed by atoms with Crippen molar-refractivity contribution in [2.45, 2.75) is 65.7 Å². The Bertz CT molecular complexity index is 398. The fraction of sp³-hybridized carbons (Fsp3) is 0.556. The van der Waals surface area contributed by atoms with Crippen LogP contribution in [0.15, 0.2) is 33.7 Å². The van der Waals surface area contributed by atoms with Crippen LogP contribution < -0.4 is 0 Å². The van der Waals surface area contributed by atoms with E-state index in [-0.39, 0.29) is 16.5 Å². The van der Waals surface area contributed by atoms with E-state index in [0.717, 1.165) is 12.8 Å². The molecule has 0 bridgehead atoms. The Hall–Kier alpha value is -0.113. The topological polar surface area (TPSA) is 0 Å². The molecule has 2 rings (SSSR count). The van der Waals surface area contributed by atoms with E-state index in [2.05, 4.69) is 64.3 Å². The largest absolute Gasteiger partial charge is 2.00 e. The van der Waals surface area contributed by atoms with Crippen molar-refractivity contribution < 1.29 is 16.5 Å². The minimum Gasteiger partial charge on any atom is -0.274 e. The molecule has 0 nitrogen and oxygen atoms in total. The van der Waals surface area contributed by atoms with Crippen LogP contribution >= 0.6 is 0 Å². The number of hydrogen-bond donors (Lipinski definition) is 0. The Morgan fingerprint density at radius 1 is 0.810 bits per heavy atom. The van der Waals surface area contributed by atoms with Crippen LogP contribution in [0.4, 0.5) is 0 Å². The zero-order valence-corrected chi connectivity index (χ0v) is 17.8. The maximum atomic E-state index is 3.44. The molecule has 120 valence electrons. The Balaban J connectivity index is 0.000000364. The second-order valence-electron chi connectivity index (χ2n) is 6.06. The minimum atomic E-state index is -0.561. The van der Waals surface area contributed by atoms with Gasteiger partial charge < -0.3 is 0 Å². The van der Waals surface area contributed by atoms with Gasteiger partial charge >= 0.3 is 16.5 Å². The van der Waals surface area contributed by atoms with Gasteiger partial charge in [0.2, 0.25) is 0 Å². The third-order valence-corrected chi connectivity index (χ3v) is 7.35. The summed E-state index contributed by atoms with van der Waals surface area (Å²) in [5, 5.41) is 3.17. The van der Waals surface area contributed by atoms with Crippen molar-refractivity contribution in [3.63, 3.8) is 0 Å². The van der Waals surface area contributed by atoms with Gasteiger partial charge in [-0.05, 0) is 0 Å². The van der Waals surface area contributed by atoms with Gasteiger partial charge in [0, 0.05) is 17.6 Å². The molecule has 0 atom stereocenters. The third kappa shape index (κ3) is 6.26. The third-order valence-electron chi connectivity index (χ3n) is 3.89. The summed E-state index contributed by atoms with van der Waals surface area (Å²) in [5.74, 6) is 0. The monoisotopic (exact) mass is 360 g/mol. The number of allylic oxidation sites excluding steroid dienone is 8. The second-order valence-corrected chi connectivity index (χ2v) is 11.8. The van der Waals surface area contributed by atoms with E-state index in [0.29, 0.717) is 0 Å². The quantitative estimate of drug-likeness (QED) is 0.490.